The summed E-state index contributed by atoms with van der Waals surface area (Å²) in [5, 5.41) is 6.51. The zero-order valence-corrected chi connectivity index (χ0v) is 16.4. The van der Waals surface area contributed by atoms with Crippen molar-refractivity contribution in [2.24, 2.45) is 0 Å². The Morgan fingerprint density at radius 1 is 1.11 bits per heavy atom. The fraction of sp³-hybridized carbons (Fsp3) is 0.353. The van der Waals surface area contributed by atoms with Crippen LogP contribution in [-0.2, 0) is 21.3 Å². The molecule has 0 saturated carbocycles. The van der Waals surface area contributed by atoms with Gasteiger partial charge in [-0.2, -0.15) is 5.10 Å². The summed E-state index contributed by atoms with van der Waals surface area (Å²) in [6, 6.07) is 8.48. The van der Waals surface area contributed by atoms with E-state index in [0.29, 0.717) is 5.75 Å². The topological polar surface area (TPSA) is 129 Å². The molecule has 152 valence electrons. The molecule has 0 spiro atoms. The van der Waals surface area contributed by atoms with E-state index in [1.165, 1.54) is 38.5 Å². The molecule has 2 aromatic rings. The molecule has 0 atom stereocenters. The molecule has 1 aromatic carbocycles. The number of aromatic nitrogens is 2. The average molecular weight is 410 g/mol. The van der Waals surface area contributed by atoms with Gasteiger partial charge in [-0.3, -0.25) is 9.59 Å². The van der Waals surface area contributed by atoms with Crippen molar-refractivity contribution in [3.63, 3.8) is 0 Å². The number of rotatable bonds is 10. The first kappa shape index (κ1) is 21.5. The first-order valence-electron chi connectivity index (χ1n) is 8.36. The molecule has 0 radical (unpaired) electrons. The van der Waals surface area contributed by atoms with E-state index >= 15 is 0 Å². The van der Waals surface area contributed by atoms with Crippen LogP contribution in [0.4, 0.5) is 0 Å². The van der Waals surface area contributed by atoms with Gasteiger partial charge in [0.1, 0.15) is 11.4 Å². The zero-order valence-electron chi connectivity index (χ0n) is 15.5. The number of nitrogens with zero attached hydrogens (tertiary/aromatic N) is 2. The largest absolute Gasteiger partial charge is 0.497 e. The second kappa shape index (κ2) is 9.97. The molecule has 0 bridgehead atoms. The highest BCUT2D eigenvalue weighted by Gasteiger charge is 2.14. The smallest absolute Gasteiger partial charge is 0.271 e. The van der Waals surface area contributed by atoms with Gasteiger partial charge in [0.05, 0.1) is 25.2 Å². The minimum Gasteiger partial charge on any atom is -0.497 e. The Kier molecular flexibility index (Phi) is 7.67. The predicted molar refractivity (Wildman–Crippen MR) is 101 cm³/mol. The van der Waals surface area contributed by atoms with E-state index in [9.17, 15) is 18.0 Å². The number of hydrogen-bond donors (Lipinski definition) is 2. The van der Waals surface area contributed by atoms with Crippen molar-refractivity contribution >= 4 is 15.9 Å². The zero-order chi connectivity index (χ0) is 20.6. The highest BCUT2D eigenvalue weighted by molar-refractivity contribution is 7.89. The fourth-order valence-electron chi connectivity index (χ4n) is 2.20. The van der Waals surface area contributed by atoms with Crippen LogP contribution < -0.4 is 20.3 Å². The van der Waals surface area contributed by atoms with E-state index in [1.54, 1.807) is 12.1 Å². The molecule has 0 aliphatic carbocycles. The second-order valence-corrected chi connectivity index (χ2v) is 7.37. The molecular formula is C17H22N4O6S. The van der Waals surface area contributed by atoms with E-state index in [2.05, 4.69) is 15.1 Å². The van der Waals surface area contributed by atoms with Gasteiger partial charge < -0.3 is 14.8 Å². The first-order chi connectivity index (χ1) is 13.4. The minimum atomic E-state index is -3.70. The molecule has 0 unspecified atom stereocenters. The normalized spacial score (nSPS) is 11.2. The van der Waals surface area contributed by atoms with Gasteiger partial charge in [-0.25, -0.2) is 17.8 Å². The van der Waals surface area contributed by atoms with Gasteiger partial charge in [0.15, 0.2) is 0 Å². The summed E-state index contributed by atoms with van der Waals surface area (Å²) in [5.41, 5.74) is -0.297. The van der Waals surface area contributed by atoms with Crippen LogP contribution in [0.25, 0.3) is 0 Å². The maximum atomic E-state index is 12.2. The van der Waals surface area contributed by atoms with E-state index in [4.69, 9.17) is 9.47 Å². The van der Waals surface area contributed by atoms with Crippen LogP contribution in [0.3, 0.4) is 0 Å². The molecule has 28 heavy (non-hydrogen) atoms. The van der Waals surface area contributed by atoms with Gasteiger partial charge in [0, 0.05) is 26.3 Å². The lowest BCUT2D eigenvalue weighted by Crippen LogP contribution is -2.36. The lowest BCUT2D eigenvalue weighted by Gasteiger charge is -2.09. The van der Waals surface area contributed by atoms with Crippen LogP contribution in [0.1, 0.15) is 10.5 Å². The van der Waals surface area contributed by atoms with Crippen molar-refractivity contribution in [1.82, 2.24) is 19.8 Å². The van der Waals surface area contributed by atoms with Crippen LogP contribution in [0.2, 0.25) is 0 Å². The van der Waals surface area contributed by atoms with Crippen molar-refractivity contribution < 1.29 is 22.7 Å². The van der Waals surface area contributed by atoms with Crippen LogP contribution in [0, 0.1) is 0 Å². The Morgan fingerprint density at radius 2 is 1.82 bits per heavy atom. The standard InChI is InChI=1S/C17H22N4O6S/c1-26-12-11-21-16(22)8-7-15(20-21)17(23)18-9-10-19-28(24,25)14-5-3-13(27-2)4-6-14/h3-8,19H,9-12H2,1-2H3,(H,18,23). The third-order valence-electron chi connectivity index (χ3n) is 3.68. The summed E-state index contributed by atoms with van der Waals surface area (Å²) in [7, 11) is -0.719. The molecule has 2 N–H and O–H groups in total. The third kappa shape index (κ3) is 5.87. The van der Waals surface area contributed by atoms with Crippen molar-refractivity contribution in [1.29, 1.82) is 0 Å². The molecule has 1 aromatic heterocycles. The number of sulfonamides is 1. The molecule has 0 fully saturated rings. The van der Waals surface area contributed by atoms with Crippen LogP contribution in [0.5, 0.6) is 5.75 Å². The molecular weight excluding hydrogens is 388 g/mol. The average Bonchev–Trinajstić information content (AvgIpc) is 2.70. The molecule has 0 aliphatic rings. The summed E-state index contributed by atoms with van der Waals surface area (Å²) in [6.07, 6.45) is 0. The van der Waals surface area contributed by atoms with Gasteiger partial charge in [-0.1, -0.05) is 0 Å². The maximum Gasteiger partial charge on any atom is 0.271 e. The van der Waals surface area contributed by atoms with Gasteiger partial charge in [-0.05, 0) is 30.3 Å². The Labute approximate surface area is 162 Å². The monoisotopic (exact) mass is 410 g/mol. The third-order valence-corrected chi connectivity index (χ3v) is 5.16. The molecule has 10 nitrogen and oxygen atoms in total. The molecule has 0 saturated heterocycles. The van der Waals surface area contributed by atoms with E-state index in [1.807, 2.05) is 0 Å². The molecule has 11 heteroatoms. The van der Waals surface area contributed by atoms with E-state index in [-0.39, 0.29) is 42.4 Å². The number of nitrogens with one attached hydrogen (secondary N) is 2. The number of benzene rings is 1. The minimum absolute atomic E-state index is 0.0105. The van der Waals surface area contributed by atoms with Gasteiger partial charge in [-0.15, -0.1) is 0 Å². The lowest BCUT2D eigenvalue weighted by molar-refractivity contribution is 0.0945. The summed E-state index contributed by atoms with van der Waals surface area (Å²) in [6.45, 7) is 0.541. The van der Waals surface area contributed by atoms with Crippen molar-refractivity contribution in [3.05, 3.63) is 52.4 Å². The van der Waals surface area contributed by atoms with Crippen molar-refractivity contribution in [3.8, 4) is 5.75 Å². The summed E-state index contributed by atoms with van der Waals surface area (Å²) < 4.78 is 37.8. The predicted octanol–water partition coefficient (Wildman–Crippen LogP) is -0.393. The Hall–Kier alpha value is -2.76. The number of ether oxygens (including phenoxy) is 2. The first-order valence-corrected chi connectivity index (χ1v) is 9.84. The van der Waals surface area contributed by atoms with Crippen LogP contribution >= 0.6 is 0 Å². The summed E-state index contributed by atoms with van der Waals surface area (Å²) in [5.74, 6) is 0.0281. The van der Waals surface area contributed by atoms with Crippen molar-refractivity contribution in [2.75, 3.05) is 33.9 Å². The number of hydrogen-bond acceptors (Lipinski definition) is 7. The van der Waals surface area contributed by atoms with Gasteiger partial charge in [0.25, 0.3) is 11.5 Å². The van der Waals surface area contributed by atoms with Crippen LogP contribution in [0.15, 0.2) is 46.1 Å². The fourth-order valence-corrected chi connectivity index (χ4v) is 3.23. The second-order valence-electron chi connectivity index (χ2n) is 5.60. The van der Waals surface area contributed by atoms with Crippen molar-refractivity contribution in [2.45, 2.75) is 11.4 Å². The quantitative estimate of drug-likeness (QED) is 0.510. The molecule has 1 heterocycles. The number of carbonyl (C=O) groups excluding carboxylic acids is 1. The Bertz CT molecular complexity index is 956. The summed E-state index contributed by atoms with van der Waals surface area (Å²) in [4.78, 5) is 23.9. The Balaban J connectivity index is 1.88. The van der Waals surface area contributed by atoms with Gasteiger partial charge in [0.2, 0.25) is 10.0 Å². The maximum absolute atomic E-state index is 12.2. The molecule has 2 rings (SSSR count). The van der Waals surface area contributed by atoms with E-state index < -0.39 is 15.9 Å². The Morgan fingerprint density at radius 3 is 2.46 bits per heavy atom. The van der Waals surface area contributed by atoms with Gasteiger partial charge >= 0.3 is 0 Å². The molecule has 1 amide bonds. The van der Waals surface area contributed by atoms with E-state index in [0.717, 1.165) is 4.68 Å². The summed E-state index contributed by atoms with van der Waals surface area (Å²) >= 11 is 0. The number of methoxy groups -OCH3 is 2. The highest BCUT2D eigenvalue weighted by atomic mass is 32.2. The van der Waals surface area contributed by atoms with Crippen LogP contribution in [-0.4, -0.2) is 58.0 Å². The number of carbonyl (C=O) groups is 1. The highest BCUT2D eigenvalue weighted by Crippen LogP contribution is 2.14. The molecule has 0 aliphatic heterocycles. The lowest BCUT2D eigenvalue weighted by atomic mass is 10.3. The number of amides is 1. The SMILES string of the molecule is COCCn1nc(C(=O)NCCNS(=O)(=O)c2ccc(OC)cc2)ccc1=O.